The van der Waals surface area contributed by atoms with Gasteiger partial charge in [-0.05, 0) is 25.2 Å². The van der Waals surface area contributed by atoms with Crippen LogP contribution in [0.2, 0.25) is 0 Å². The number of rotatable bonds is 3. The molecule has 5 heteroatoms. The first kappa shape index (κ1) is 13.0. The van der Waals surface area contributed by atoms with Crippen molar-refractivity contribution in [3.63, 3.8) is 0 Å². The Morgan fingerprint density at radius 1 is 1.38 bits per heavy atom. The van der Waals surface area contributed by atoms with E-state index in [1.807, 2.05) is 13.8 Å². The predicted octanol–water partition coefficient (Wildman–Crippen LogP) is 0.435. The molecule has 1 fully saturated rings. The normalized spacial score (nSPS) is 23.2. The third-order valence-corrected chi connectivity index (χ3v) is 3.07. The fraction of sp³-hybridized carbons (Fsp3) is 0.818. The number of aliphatic carboxylic acids is 1. The van der Waals surface area contributed by atoms with Gasteiger partial charge in [0.1, 0.15) is 6.04 Å². The largest absolute Gasteiger partial charge is 0.480 e. The number of hydrogen-bond acceptors (Lipinski definition) is 3. The Morgan fingerprint density at radius 2 is 2.00 bits per heavy atom. The molecule has 0 aliphatic carbocycles. The third kappa shape index (κ3) is 2.72. The molecule has 1 aliphatic rings. The number of carbonyl (C=O) groups excluding carboxylic acids is 1. The Hall–Kier alpha value is -1.10. The molecular weight excluding hydrogens is 208 g/mol. The number of carboxylic acid groups (broad SMARTS) is 1. The smallest absolute Gasteiger partial charge is 0.326 e. The average molecular weight is 228 g/mol. The molecule has 1 unspecified atom stereocenters. The Morgan fingerprint density at radius 3 is 2.50 bits per heavy atom. The van der Waals surface area contributed by atoms with Crippen molar-refractivity contribution in [1.29, 1.82) is 0 Å². The van der Waals surface area contributed by atoms with E-state index in [1.54, 1.807) is 0 Å². The van der Waals surface area contributed by atoms with Crippen molar-refractivity contribution in [1.82, 2.24) is 4.90 Å². The van der Waals surface area contributed by atoms with Crippen molar-refractivity contribution in [3.8, 4) is 0 Å². The molecule has 1 saturated heterocycles. The van der Waals surface area contributed by atoms with E-state index in [0.29, 0.717) is 13.0 Å². The van der Waals surface area contributed by atoms with Crippen LogP contribution in [0.25, 0.3) is 0 Å². The van der Waals surface area contributed by atoms with Crippen LogP contribution in [0.4, 0.5) is 0 Å². The summed E-state index contributed by atoms with van der Waals surface area (Å²) < 4.78 is 0. The van der Waals surface area contributed by atoms with Gasteiger partial charge in [-0.1, -0.05) is 13.8 Å². The lowest BCUT2D eigenvalue weighted by atomic mass is 9.98. The van der Waals surface area contributed by atoms with Gasteiger partial charge in [-0.15, -0.1) is 0 Å². The van der Waals surface area contributed by atoms with Gasteiger partial charge in [-0.2, -0.15) is 0 Å². The quantitative estimate of drug-likeness (QED) is 0.734. The lowest BCUT2D eigenvalue weighted by Gasteiger charge is -2.35. The number of carboxylic acids is 1. The number of carbonyl (C=O) groups is 2. The van der Waals surface area contributed by atoms with Gasteiger partial charge in [-0.25, -0.2) is 4.79 Å². The Balaban J connectivity index is 2.75. The fourth-order valence-electron chi connectivity index (χ4n) is 1.93. The third-order valence-electron chi connectivity index (χ3n) is 3.07. The predicted molar refractivity (Wildman–Crippen MR) is 59.8 cm³/mol. The van der Waals surface area contributed by atoms with Crippen LogP contribution in [0, 0.1) is 5.92 Å². The summed E-state index contributed by atoms with van der Waals surface area (Å²) in [6.07, 6.45) is 2.25. The van der Waals surface area contributed by atoms with Crippen LogP contribution in [-0.4, -0.2) is 40.5 Å². The summed E-state index contributed by atoms with van der Waals surface area (Å²) in [7, 11) is 0. The molecule has 0 aromatic rings. The van der Waals surface area contributed by atoms with Crippen molar-refractivity contribution in [2.75, 3.05) is 6.54 Å². The molecule has 0 spiro atoms. The Bertz CT molecular complexity index is 278. The minimum atomic E-state index is -0.927. The molecule has 1 amide bonds. The van der Waals surface area contributed by atoms with Crippen LogP contribution in [0.15, 0.2) is 0 Å². The fourth-order valence-corrected chi connectivity index (χ4v) is 1.93. The van der Waals surface area contributed by atoms with Crippen molar-refractivity contribution >= 4 is 11.9 Å². The number of amides is 1. The molecular formula is C11H20N2O3. The van der Waals surface area contributed by atoms with Crippen LogP contribution >= 0.6 is 0 Å². The molecule has 0 aromatic carbocycles. The van der Waals surface area contributed by atoms with E-state index < -0.39 is 18.1 Å². The van der Waals surface area contributed by atoms with Crippen LogP contribution in [-0.2, 0) is 9.59 Å². The van der Waals surface area contributed by atoms with Crippen molar-refractivity contribution < 1.29 is 14.7 Å². The molecule has 5 nitrogen and oxygen atoms in total. The molecule has 1 rings (SSSR count). The maximum atomic E-state index is 12.0. The first-order valence-electron chi connectivity index (χ1n) is 5.74. The highest BCUT2D eigenvalue weighted by Gasteiger charge is 2.34. The topological polar surface area (TPSA) is 83.6 Å². The number of piperidine rings is 1. The van der Waals surface area contributed by atoms with Gasteiger partial charge in [0.25, 0.3) is 0 Å². The maximum Gasteiger partial charge on any atom is 0.326 e. The second-order valence-electron chi connectivity index (χ2n) is 4.65. The van der Waals surface area contributed by atoms with Gasteiger partial charge in [0.05, 0.1) is 6.04 Å². The molecule has 0 aromatic heterocycles. The average Bonchev–Trinajstić information content (AvgIpc) is 2.26. The highest BCUT2D eigenvalue weighted by atomic mass is 16.4. The standard InChI is InChI=1S/C11H20N2O3/c1-7(2)9(12)10(14)13-6-4-3-5-8(13)11(15)16/h7-9H,3-6,12H2,1-2H3,(H,15,16)/t8-,9?/m0/s1. The zero-order valence-corrected chi connectivity index (χ0v) is 9.85. The van der Waals surface area contributed by atoms with E-state index in [0.717, 1.165) is 12.8 Å². The van der Waals surface area contributed by atoms with Crippen LogP contribution < -0.4 is 5.73 Å². The van der Waals surface area contributed by atoms with Crippen LogP contribution in [0.3, 0.4) is 0 Å². The summed E-state index contributed by atoms with van der Waals surface area (Å²) in [6.45, 7) is 4.24. The second-order valence-corrected chi connectivity index (χ2v) is 4.65. The van der Waals surface area contributed by atoms with Crippen molar-refractivity contribution in [3.05, 3.63) is 0 Å². The minimum Gasteiger partial charge on any atom is -0.480 e. The van der Waals surface area contributed by atoms with E-state index in [4.69, 9.17) is 10.8 Å². The lowest BCUT2D eigenvalue weighted by Crippen LogP contribution is -2.54. The zero-order chi connectivity index (χ0) is 12.3. The van der Waals surface area contributed by atoms with Crippen molar-refractivity contribution in [2.45, 2.75) is 45.2 Å². The first-order valence-corrected chi connectivity index (χ1v) is 5.74. The Labute approximate surface area is 95.6 Å². The number of hydrogen-bond donors (Lipinski definition) is 2. The van der Waals surface area contributed by atoms with E-state index in [1.165, 1.54) is 4.90 Å². The number of nitrogens with two attached hydrogens (primary N) is 1. The summed E-state index contributed by atoms with van der Waals surface area (Å²) in [4.78, 5) is 24.4. The zero-order valence-electron chi connectivity index (χ0n) is 9.85. The second kappa shape index (κ2) is 5.30. The highest BCUT2D eigenvalue weighted by molar-refractivity contribution is 5.87. The maximum absolute atomic E-state index is 12.0. The summed E-state index contributed by atoms with van der Waals surface area (Å²) in [5.74, 6) is -1.13. The molecule has 1 heterocycles. The number of nitrogens with zero attached hydrogens (tertiary/aromatic N) is 1. The van der Waals surface area contributed by atoms with Gasteiger partial charge < -0.3 is 15.7 Å². The van der Waals surface area contributed by atoms with E-state index in [9.17, 15) is 9.59 Å². The van der Waals surface area contributed by atoms with E-state index >= 15 is 0 Å². The summed E-state index contributed by atoms with van der Waals surface area (Å²) in [5, 5.41) is 9.04. The van der Waals surface area contributed by atoms with Gasteiger partial charge >= 0.3 is 5.97 Å². The van der Waals surface area contributed by atoms with Gasteiger partial charge in [-0.3, -0.25) is 4.79 Å². The van der Waals surface area contributed by atoms with Gasteiger partial charge in [0, 0.05) is 6.54 Å². The molecule has 0 saturated carbocycles. The molecule has 3 N–H and O–H groups in total. The van der Waals surface area contributed by atoms with E-state index in [-0.39, 0.29) is 11.8 Å². The molecule has 16 heavy (non-hydrogen) atoms. The first-order chi connectivity index (χ1) is 7.45. The monoisotopic (exact) mass is 228 g/mol. The summed E-state index contributed by atoms with van der Waals surface area (Å²) in [6, 6.07) is -1.29. The van der Waals surface area contributed by atoms with E-state index in [2.05, 4.69) is 0 Å². The summed E-state index contributed by atoms with van der Waals surface area (Å²) in [5.41, 5.74) is 5.77. The van der Waals surface area contributed by atoms with Crippen molar-refractivity contribution in [2.24, 2.45) is 11.7 Å². The van der Waals surface area contributed by atoms with Gasteiger partial charge in [0.15, 0.2) is 0 Å². The molecule has 1 aliphatic heterocycles. The SMILES string of the molecule is CC(C)C(N)C(=O)N1CCCC[C@H]1C(=O)O. The summed E-state index contributed by atoms with van der Waals surface area (Å²) >= 11 is 0. The van der Waals surface area contributed by atoms with Crippen LogP contribution in [0.1, 0.15) is 33.1 Å². The molecule has 92 valence electrons. The number of likely N-dealkylation sites (tertiary alicyclic amines) is 1. The van der Waals surface area contributed by atoms with Gasteiger partial charge in [0.2, 0.25) is 5.91 Å². The Kier molecular flexibility index (Phi) is 4.29. The molecule has 2 atom stereocenters. The van der Waals surface area contributed by atoms with Crippen LogP contribution in [0.5, 0.6) is 0 Å². The molecule has 0 radical (unpaired) electrons. The molecule has 0 bridgehead atoms. The lowest BCUT2D eigenvalue weighted by molar-refractivity contribution is -0.153. The highest BCUT2D eigenvalue weighted by Crippen LogP contribution is 2.19. The minimum absolute atomic E-state index is 0.0314.